The predicted molar refractivity (Wildman–Crippen MR) is 229 cm³/mol. The third-order valence-corrected chi connectivity index (χ3v) is 13.4. The number of amides is 1. The molecule has 13 atom stereocenters. The van der Waals surface area contributed by atoms with Crippen molar-refractivity contribution in [2.24, 2.45) is 23.7 Å². The number of anilines is 1. The van der Waals surface area contributed by atoms with Crippen LogP contribution >= 0.6 is 0 Å². The molecule has 0 aromatic carbocycles. The highest BCUT2D eigenvalue weighted by molar-refractivity contribution is 6.00. The minimum absolute atomic E-state index is 0.126. The summed E-state index contributed by atoms with van der Waals surface area (Å²) in [6.07, 6.45) is 2.75. The summed E-state index contributed by atoms with van der Waals surface area (Å²) in [4.78, 5) is 71.5. The fourth-order valence-electron chi connectivity index (χ4n) is 9.72. The zero-order chi connectivity index (χ0) is 45.1. The van der Waals surface area contributed by atoms with Gasteiger partial charge in [0.1, 0.15) is 29.7 Å². The summed E-state index contributed by atoms with van der Waals surface area (Å²) in [5.41, 5.74) is -0.971. The Morgan fingerprint density at radius 2 is 1.64 bits per heavy atom. The van der Waals surface area contributed by atoms with Crippen molar-refractivity contribution in [3.05, 3.63) is 30.9 Å². The van der Waals surface area contributed by atoms with E-state index in [-0.39, 0.29) is 30.8 Å². The molecule has 0 radical (unpaired) electrons. The van der Waals surface area contributed by atoms with Crippen LogP contribution in [-0.2, 0) is 44.6 Å². The van der Waals surface area contributed by atoms with Crippen molar-refractivity contribution in [1.29, 1.82) is 0 Å². The number of aliphatic hydroxyl groups excluding tert-OH is 1. The molecule has 340 valence electrons. The number of ketones is 2. The number of rotatable bonds is 12. The van der Waals surface area contributed by atoms with Gasteiger partial charge in [0.05, 0.1) is 35.9 Å². The number of likely N-dealkylation sites (N-methyl/N-ethyl adjacent to an activating group) is 1. The number of fused-ring (bicyclic) bond motifs is 1. The first-order valence-corrected chi connectivity index (χ1v) is 21.8. The van der Waals surface area contributed by atoms with E-state index < -0.39 is 83.4 Å². The summed E-state index contributed by atoms with van der Waals surface area (Å²) < 4.78 is 33.3. The van der Waals surface area contributed by atoms with E-state index in [2.05, 4.69) is 9.97 Å². The lowest BCUT2D eigenvalue weighted by molar-refractivity contribution is -0.295. The zero-order valence-electron chi connectivity index (χ0n) is 38.5. The van der Waals surface area contributed by atoms with Crippen molar-refractivity contribution < 1.29 is 48.0 Å². The number of cyclic esters (lactones) is 1. The lowest BCUT2D eigenvalue weighted by atomic mass is 9.73. The summed E-state index contributed by atoms with van der Waals surface area (Å²) in [6.45, 7) is 14.9. The standard InChI is InChI=1S/C45H70N6O10/c1-14-34-45(8)39(51(43(56)61-45)20-16-15-19-50-24-32(47-25-50)31-17-18-35(46-23-31)49(11)12)28(4)36(52)26(2)22-44(7,57-13)40(29(5)37(53)30(6)41(55)59-34)60-42-38(54)33(48(9)10)21-27(3)58-42/h17-18,23-30,33-34,38-40,42,54H,14-16,19-22H2,1-13H3/t26-,27-,28+,29+,30-,33+,34-,38-,39-,40-,42?,44+,45-/m1/s1. The first kappa shape index (κ1) is 48.1. The van der Waals surface area contributed by atoms with Crippen LogP contribution in [0.5, 0.6) is 0 Å². The summed E-state index contributed by atoms with van der Waals surface area (Å²) in [5.74, 6) is -4.12. The number of ether oxygens (including phenoxy) is 5. The topological polar surface area (TPSA) is 175 Å². The van der Waals surface area contributed by atoms with Crippen molar-refractivity contribution in [3.63, 3.8) is 0 Å². The number of aromatic nitrogens is 3. The predicted octanol–water partition coefficient (Wildman–Crippen LogP) is 5.00. The monoisotopic (exact) mass is 855 g/mol. The van der Waals surface area contributed by atoms with Gasteiger partial charge in [-0.15, -0.1) is 0 Å². The van der Waals surface area contributed by atoms with Gasteiger partial charge in [-0.2, -0.15) is 0 Å². The van der Waals surface area contributed by atoms with E-state index in [1.807, 2.05) is 81.7 Å². The van der Waals surface area contributed by atoms with Gasteiger partial charge in [0.2, 0.25) is 0 Å². The second kappa shape index (κ2) is 19.6. The number of hydrogen-bond donors (Lipinski definition) is 1. The van der Waals surface area contributed by atoms with Crippen LogP contribution in [0.15, 0.2) is 30.9 Å². The number of hydrogen-bond acceptors (Lipinski definition) is 14. The fraction of sp³-hybridized carbons (Fsp3) is 0.733. The summed E-state index contributed by atoms with van der Waals surface area (Å²) >= 11 is 0. The molecular formula is C45H70N6O10. The third-order valence-electron chi connectivity index (χ3n) is 13.4. The Balaban J connectivity index is 1.41. The number of pyridine rings is 1. The number of carbonyl (C=O) groups is 4. The SMILES string of the molecule is CC[C@H]1OC(=O)[C@H](C)C(=O)[C@H](C)[C@@H](OC2O[C@H](C)C[C@H](N(C)C)[C@H]2O)[C@@](C)(OC)C[C@@H](C)C(=O)[C@H](C)[C@H]2N(CCCCn3cnc(-c4ccc(N(C)C)nc4)c3)C(=O)O[C@]12C. The van der Waals surface area contributed by atoms with Crippen molar-refractivity contribution in [2.75, 3.05) is 46.7 Å². The molecule has 61 heavy (non-hydrogen) atoms. The maximum atomic E-state index is 14.8. The van der Waals surface area contributed by atoms with E-state index in [1.165, 1.54) is 14.0 Å². The van der Waals surface area contributed by atoms with E-state index in [9.17, 15) is 24.3 Å². The quantitative estimate of drug-likeness (QED) is 0.172. The van der Waals surface area contributed by atoms with Crippen LogP contribution in [0.2, 0.25) is 0 Å². The Labute approximate surface area is 361 Å². The van der Waals surface area contributed by atoms with Gasteiger partial charge in [-0.05, 0) is 86.0 Å². The minimum Gasteiger partial charge on any atom is -0.458 e. The molecule has 5 heterocycles. The van der Waals surface area contributed by atoms with Crippen LogP contribution in [0.4, 0.5) is 10.6 Å². The van der Waals surface area contributed by atoms with Gasteiger partial charge in [-0.3, -0.25) is 14.4 Å². The van der Waals surface area contributed by atoms with Gasteiger partial charge >= 0.3 is 12.1 Å². The molecule has 1 N–H and O–H groups in total. The van der Waals surface area contributed by atoms with E-state index in [1.54, 1.807) is 45.1 Å². The first-order valence-electron chi connectivity index (χ1n) is 21.8. The van der Waals surface area contributed by atoms with Crippen LogP contribution in [0.3, 0.4) is 0 Å². The van der Waals surface area contributed by atoms with Gasteiger partial charge in [0.15, 0.2) is 17.7 Å². The van der Waals surface area contributed by atoms with E-state index in [0.717, 1.165) is 17.1 Å². The van der Waals surface area contributed by atoms with Crippen LogP contribution in [0, 0.1) is 23.7 Å². The third kappa shape index (κ3) is 10.1. The average molecular weight is 855 g/mol. The van der Waals surface area contributed by atoms with Gasteiger partial charge in [0, 0.05) is 76.0 Å². The molecule has 16 heteroatoms. The van der Waals surface area contributed by atoms with Crippen LogP contribution in [0.25, 0.3) is 11.3 Å². The van der Waals surface area contributed by atoms with Crippen molar-refractivity contribution >= 4 is 29.4 Å². The van der Waals surface area contributed by atoms with E-state index >= 15 is 0 Å². The Hall–Kier alpha value is -3.96. The molecule has 0 spiro atoms. The highest BCUT2D eigenvalue weighted by Crippen LogP contribution is 2.43. The van der Waals surface area contributed by atoms with Crippen LogP contribution in [0.1, 0.15) is 87.5 Å². The van der Waals surface area contributed by atoms with E-state index in [0.29, 0.717) is 32.4 Å². The zero-order valence-corrected chi connectivity index (χ0v) is 38.5. The maximum absolute atomic E-state index is 14.8. The van der Waals surface area contributed by atoms with Gasteiger partial charge in [0.25, 0.3) is 0 Å². The molecule has 0 aliphatic carbocycles. The summed E-state index contributed by atoms with van der Waals surface area (Å²) in [5, 5.41) is 11.5. The molecule has 2 aromatic heterocycles. The van der Waals surface area contributed by atoms with Crippen LogP contribution in [-0.4, -0.2) is 149 Å². The fourth-order valence-corrected chi connectivity index (χ4v) is 9.72. The molecule has 3 saturated heterocycles. The molecule has 0 saturated carbocycles. The number of aliphatic hydroxyl groups is 1. The number of aryl methyl sites for hydroxylation is 1. The van der Waals surface area contributed by atoms with Crippen molar-refractivity contribution in [3.8, 4) is 11.3 Å². The highest BCUT2D eigenvalue weighted by Gasteiger charge is 2.60. The first-order chi connectivity index (χ1) is 28.7. The lowest BCUT2D eigenvalue weighted by Gasteiger charge is -2.47. The second-order valence-electron chi connectivity index (χ2n) is 18.4. The number of nitrogens with zero attached hydrogens (tertiary/aromatic N) is 6. The number of esters is 1. The van der Waals surface area contributed by atoms with Crippen LogP contribution < -0.4 is 4.90 Å². The smallest absolute Gasteiger partial charge is 0.410 e. The Kier molecular flexibility index (Phi) is 15.5. The second-order valence-corrected chi connectivity index (χ2v) is 18.4. The number of imidazole rings is 1. The normalized spacial score (nSPS) is 35.5. The van der Waals surface area contributed by atoms with Gasteiger partial charge < -0.3 is 48.1 Å². The van der Waals surface area contributed by atoms with Gasteiger partial charge in [-0.25, -0.2) is 14.8 Å². The molecule has 3 fully saturated rings. The minimum atomic E-state index is -1.41. The number of carbonyl (C=O) groups excluding carboxylic acids is 4. The molecule has 0 bridgehead atoms. The molecule has 3 aliphatic rings. The Morgan fingerprint density at radius 3 is 2.25 bits per heavy atom. The molecule has 1 amide bonds. The molecule has 5 rings (SSSR count). The lowest BCUT2D eigenvalue weighted by Crippen LogP contribution is -2.60. The Bertz CT molecular complexity index is 1840. The molecule has 16 nitrogen and oxygen atoms in total. The highest BCUT2D eigenvalue weighted by atomic mass is 16.7. The molecule has 3 aliphatic heterocycles. The van der Waals surface area contributed by atoms with E-state index in [4.69, 9.17) is 23.7 Å². The molecule has 2 aromatic rings. The number of Topliss-reactive ketones (excluding diaryl/α,β-unsaturated/α-hetero) is 2. The largest absolute Gasteiger partial charge is 0.458 e. The number of methoxy groups -OCH3 is 1. The van der Waals surface area contributed by atoms with Crippen molar-refractivity contribution in [1.82, 2.24) is 24.3 Å². The molecule has 1 unspecified atom stereocenters. The summed E-state index contributed by atoms with van der Waals surface area (Å²) in [7, 11) is 9.12. The summed E-state index contributed by atoms with van der Waals surface area (Å²) in [6, 6.07) is 2.85. The van der Waals surface area contributed by atoms with Gasteiger partial charge in [-0.1, -0.05) is 27.7 Å². The maximum Gasteiger partial charge on any atom is 0.410 e. The molecular weight excluding hydrogens is 785 g/mol. The Morgan fingerprint density at radius 1 is 0.951 bits per heavy atom. The van der Waals surface area contributed by atoms with Crippen molar-refractivity contribution in [2.45, 2.75) is 148 Å². The average Bonchev–Trinajstić information content (AvgIpc) is 3.80. The number of unbranched alkanes of at least 4 members (excludes halogenated alkanes) is 1.